The lowest BCUT2D eigenvalue weighted by atomic mass is 10.1. The minimum Gasteiger partial charge on any atom is -0.298 e. The summed E-state index contributed by atoms with van der Waals surface area (Å²) in [4.78, 5) is 2.63. The summed E-state index contributed by atoms with van der Waals surface area (Å²) in [6.45, 7) is 0.887. The molecule has 94 valence electrons. The molecule has 0 aliphatic rings. The molecule has 0 heterocycles. The minimum atomic E-state index is -0.561. The van der Waals surface area contributed by atoms with E-state index in [1.165, 1.54) is 18.2 Å². The van der Waals surface area contributed by atoms with E-state index in [1.807, 2.05) is 0 Å². The van der Waals surface area contributed by atoms with Gasteiger partial charge in [-0.2, -0.15) is 5.26 Å². The van der Waals surface area contributed by atoms with Crippen molar-refractivity contribution in [3.05, 3.63) is 45.0 Å². The quantitative estimate of drug-likeness (QED) is 0.371. The summed E-state index contributed by atoms with van der Waals surface area (Å²) in [6.07, 6.45) is 0.622. The molecule has 0 saturated heterocycles. The first kappa shape index (κ1) is 14.3. The first-order chi connectivity index (χ1) is 8.69. The maximum absolute atomic E-state index is 13.0. The highest BCUT2D eigenvalue weighted by Crippen LogP contribution is 2.20. The van der Waals surface area contributed by atoms with E-state index in [0.717, 1.165) is 0 Å². The zero-order chi connectivity index (χ0) is 13.4. The Hall–Kier alpha value is -1.80. The van der Waals surface area contributed by atoms with Gasteiger partial charge >= 0.3 is 0 Å². The van der Waals surface area contributed by atoms with Crippen LogP contribution in [-0.2, 0) is 0 Å². The molecule has 0 amide bonds. The number of nitrogens with zero attached hydrogens (tertiary/aromatic N) is 4. The van der Waals surface area contributed by atoms with Gasteiger partial charge in [-0.05, 0) is 36.2 Å². The van der Waals surface area contributed by atoms with Crippen LogP contribution >= 0.6 is 11.6 Å². The minimum absolute atomic E-state index is 0.0105. The van der Waals surface area contributed by atoms with Crippen molar-refractivity contribution in [2.75, 3.05) is 13.1 Å². The number of halogens is 2. The van der Waals surface area contributed by atoms with Crippen molar-refractivity contribution in [3.8, 4) is 6.07 Å². The molecule has 1 aromatic rings. The molecule has 1 rings (SSSR count). The normalized spacial score (nSPS) is 11.4. The molecule has 0 aliphatic heterocycles. The van der Waals surface area contributed by atoms with Gasteiger partial charge in [-0.25, -0.2) is 4.39 Å². The van der Waals surface area contributed by atoms with Crippen molar-refractivity contribution in [2.24, 2.45) is 5.11 Å². The number of hydrogen-bond acceptors (Lipinski definition) is 3. The largest absolute Gasteiger partial charge is 0.298 e. The van der Waals surface area contributed by atoms with E-state index in [0.29, 0.717) is 25.1 Å². The van der Waals surface area contributed by atoms with Gasteiger partial charge in [0.05, 0.1) is 11.1 Å². The molecular formula is C11H11ClFN5. The van der Waals surface area contributed by atoms with Crippen LogP contribution < -0.4 is 5.32 Å². The lowest BCUT2D eigenvalue weighted by Crippen LogP contribution is -2.21. The molecule has 7 heteroatoms. The zero-order valence-corrected chi connectivity index (χ0v) is 10.2. The molecule has 1 aromatic carbocycles. The van der Waals surface area contributed by atoms with E-state index in [2.05, 4.69) is 21.4 Å². The average Bonchev–Trinajstić information content (AvgIpc) is 2.37. The van der Waals surface area contributed by atoms with E-state index >= 15 is 0 Å². The lowest BCUT2D eigenvalue weighted by molar-refractivity contribution is 0.601. The first-order valence-corrected chi connectivity index (χ1v) is 5.65. The highest BCUT2D eigenvalue weighted by Gasteiger charge is 2.11. The topological polar surface area (TPSA) is 84.6 Å². The molecule has 0 radical (unpaired) electrons. The molecule has 18 heavy (non-hydrogen) atoms. The van der Waals surface area contributed by atoms with Crippen molar-refractivity contribution < 1.29 is 4.39 Å². The van der Waals surface area contributed by atoms with Crippen molar-refractivity contribution in [1.82, 2.24) is 5.32 Å². The molecule has 0 saturated carbocycles. The highest BCUT2D eigenvalue weighted by molar-refractivity contribution is 6.30. The number of nitrogens with one attached hydrogen (secondary N) is 1. The smallest absolute Gasteiger partial charge is 0.141 e. The molecule has 0 aromatic heterocycles. The van der Waals surface area contributed by atoms with Crippen LogP contribution in [-0.4, -0.2) is 13.1 Å². The molecule has 0 spiro atoms. The van der Waals surface area contributed by atoms with Crippen molar-refractivity contribution in [1.29, 1.82) is 5.26 Å². The zero-order valence-electron chi connectivity index (χ0n) is 9.48. The van der Waals surface area contributed by atoms with Gasteiger partial charge in [-0.1, -0.05) is 22.8 Å². The van der Waals surface area contributed by atoms with Crippen molar-refractivity contribution in [2.45, 2.75) is 12.5 Å². The van der Waals surface area contributed by atoms with Crippen LogP contribution in [0.25, 0.3) is 10.4 Å². The third-order valence-electron chi connectivity index (χ3n) is 2.25. The Balaban J connectivity index is 2.58. The van der Waals surface area contributed by atoms with Gasteiger partial charge < -0.3 is 0 Å². The van der Waals surface area contributed by atoms with Crippen LogP contribution in [0.15, 0.2) is 23.3 Å². The molecule has 0 bridgehead atoms. The SMILES string of the molecule is N#CC(NCCCN=[N+]=[N-])c1ccc(F)c(Cl)c1. The fraction of sp³-hybridized carbons (Fsp3) is 0.364. The van der Waals surface area contributed by atoms with Gasteiger partial charge in [0.15, 0.2) is 0 Å². The molecule has 5 nitrogen and oxygen atoms in total. The first-order valence-electron chi connectivity index (χ1n) is 5.28. The van der Waals surface area contributed by atoms with Crippen LogP contribution in [0.3, 0.4) is 0 Å². The standard InChI is InChI=1S/C11H11ClFN5/c12-9-6-8(2-3-10(9)13)11(7-14)16-4-1-5-17-18-15/h2-3,6,11,16H,1,4-5H2. The number of hydrogen-bond donors (Lipinski definition) is 1. The van der Waals surface area contributed by atoms with Crippen LogP contribution in [0.2, 0.25) is 5.02 Å². The second-order valence-electron chi connectivity index (χ2n) is 3.50. The predicted molar refractivity (Wildman–Crippen MR) is 66.4 cm³/mol. The number of rotatable bonds is 6. The van der Waals surface area contributed by atoms with Gasteiger partial charge in [0.2, 0.25) is 0 Å². The van der Waals surface area contributed by atoms with Crippen LogP contribution in [0.1, 0.15) is 18.0 Å². The maximum Gasteiger partial charge on any atom is 0.141 e. The monoisotopic (exact) mass is 267 g/mol. The Bertz CT molecular complexity index is 493. The summed E-state index contributed by atoms with van der Waals surface area (Å²) >= 11 is 5.65. The number of azide groups is 1. The van der Waals surface area contributed by atoms with Crippen LogP contribution in [0.5, 0.6) is 0 Å². The van der Waals surface area contributed by atoms with E-state index in [4.69, 9.17) is 22.4 Å². The van der Waals surface area contributed by atoms with Crippen LogP contribution in [0.4, 0.5) is 4.39 Å². The summed E-state index contributed by atoms with van der Waals surface area (Å²) in [7, 11) is 0. The summed E-state index contributed by atoms with van der Waals surface area (Å²) < 4.78 is 13.0. The van der Waals surface area contributed by atoms with E-state index in [-0.39, 0.29) is 5.02 Å². The third-order valence-corrected chi connectivity index (χ3v) is 2.54. The van der Waals surface area contributed by atoms with Crippen LogP contribution in [0, 0.1) is 17.1 Å². The highest BCUT2D eigenvalue weighted by atomic mass is 35.5. The summed E-state index contributed by atoms with van der Waals surface area (Å²) in [6, 6.07) is 5.66. The Morgan fingerprint density at radius 3 is 3.00 bits per heavy atom. The van der Waals surface area contributed by atoms with Gasteiger partial charge in [0.25, 0.3) is 0 Å². The Morgan fingerprint density at radius 1 is 1.61 bits per heavy atom. The number of benzene rings is 1. The molecule has 0 fully saturated rings. The second kappa shape index (κ2) is 7.51. The van der Waals surface area contributed by atoms with Gasteiger partial charge in [-0.3, -0.25) is 5.32 Å². The summed E-state index contributed by atoms with van der Waals surface area (Å²) in [5.41, 5.74) is 8.70. The molecule has 1 unspecified atom stereocenters. The predicted octanol–water partition coefficient (Wildman–Crippen LogP) is 3.33. The molecular weight excluding hydrogens is 257 g/mol. The molecule has 1 N–H and O–H groups in total. The lowest BCUT2D eigenvalue weighted by Gasteiger charge is -2.11. The Labute approximate surface area is 109 Å². The van der Waals surface area contributed by atoms with E-state index in [1.54, 1.807) is 0 Å². The van der Waals surface area contributed by atoms with Gasteiger partial charge in [0, 0.05) is 11.5 Å². The summed E-state index contributed by atoms with van der Waals surface area (Å²) in [5.74, 6) is -0.513. The van der Waals surface area contributed by atoms with Gasteiger partial charge in [0.1, 0.15) is 11.9 Å². The third kappa shape index (κ3) is 4.22. The maximum atomic E-state index is 13.0. The van der Waals surface area contributed by atoms with E-state index in [9.17, 15) is 4.39 Å². The fourth-order valence-electron chi connectivity index (χ4n) is 1.37. The second-order valence-corrected chi connectivity index (χ2v) is 3.91. The summed E-state index contributed by atoms with van der Waals surface area (Å²) in [5, 5.41) is 15.3. The Kier molecular flexibility index (Phi) is 5.95. The van der Waals surface area contributed by atoms with Crippen molar-refractivity contribution >= 4 is 11.6 Å². The van der Waals surface area contributed by atoms with Crippen molar-refractivity contribution in [3.63, 3.8) is 0 Å². The Morgan fingerprint density at radius 2 is 2.39 bits per heavy atom. The van der Waals surface area contributed by atoms with E-state index < -0.39 is 11.9 Å². The number of nitriles is 1. The van der Waals surface area contributed by atoms with Gasteiger partial charge in [-0.15, -0.1) is 0 Å². The fourth-order valence-corrected chi connectivity index (χ4v) is 1.56. The molecule has 0 aliphatic carbocycles. The average molecular weight is 268 g/mol. The molecule has 1 atom stereocenters.